The van der Waals surface area contributed by atoms with Crippen LogP contribution in [0.15, 0.2) is 6.07 Å². The summed E-state index contributed by atoms with van der Waals surface area (Å²) in [5.74, 6) is -0.839. The van der Waals surface area contributed by atoms with Crippen LogP contribution in [0.25, 0.3) is 0 Å². The molecule has 0 fully saturated rings. The van der Waals surface area contributed by atoms with E-state index in [4.69, 9.17) is 4.74 Å². The number of aliphatic hydroxyl groups is 1. The van der Waals surface area contributed by atoms with Crippen molar-refractivity contribution < 1.29 is 27.8 Å². The van der Waals surface area contributed by atoms with Gasteiger partial charge >= 0.3 is 6.18 Å². The number of rotatable bonds is 3. The Morgan fingerprint density at radius 3 is 2.73 bits per heavy atom. The highest BCUT2D eigenvalue weighted by molar-refractivity contribution is 5.92. The van der Waals surface area contributed by atoms with Crippen molar-refractivity contribution in [3.05, 3.63) is 23.0 Å². The normalized spacial score (nSPS) is 16.8. The van der Waals surface area contributed by atoms with Crippen molar-refractivity contribution in [2.24, 2.45) is 0 Å². The second-order valence-corrected chi connectivity index (χ2v) is 5.62. The van der Waals surface area contributed by atoms with Crippen LogP contribution in [0, 0.1) is 0 Å². The minimum Gasteiger partial charge on any atom is -0.382 e. The standard InChI is InChI=1S/C13H16F3N3O3/c1-12(2,11(21)13(14,15)16)17-10(20)9-5-7-6-22-4-3-8(7)18-19-9/h5,11,21H,3-4,6H2,1-2H3,(H,17,20). The highest BCUT2D eigenvalue weighted by Crippen LogP contribution is 2.28. The van der Waals surface area contributed by atoms with Gasteiger partial charge in [0, 0.05) is 12.0 Å². The molecule has 2 heterocycles. The Balaban J connectivity index is 2.15. The average Bonchev–Trinajstić information content (AvgIpc) is 2.44. The molecule has 0 bridgehead atoms. The lowest BCUT2D eigenvalue weighted by Gasteiger charge is -2.32. The first-order chi connectivity index (χ1) is 10.1. The van der Waals surface area contributed by atoms with Gasteiger partial charge in [-0.15, -0.1) is 5.10 Å². The number of nitrogens with zero attached hydrogens (tertiary/aromatic N) is 2. The van der Waals surface area contributed by atoms with Crippen molar-refractivity contribution in [2.75, 3.05) is 6.61 Å². The summed E-state index contributed by atoms with van der Waals surface area (Å²) < 4.78 is 43.0. The number of hydrogen-bond acceptors (Lipinski definition) is 5. The summed E-state index contributed by atoms with van der Waals surface area (Å²) in [6.45, 7) is 2.95. The summed E-state index contributed by atoms with van der Waals surface area (Å²) in [5.41, 5.74) is -0.631. The van der Waals surface area contributed by atoms with Gasteiger partial charge in [-0.05, 0) is 19.9 Å². The summed E-state index contributed by atoms with van der Waals surface area (Å²) in [4.78, 5) is 12.0. The van der Waals surface area contributed by atoms with Gasteiger partial charge in [0.1, 0.15) is 0 Å². The molecule has 122 valence electrons. The Morgan fingerprint density at radius 2 is 2.09 bits per heavy atom. The number of amides is 1. The van der Waals surface area contributed by atoms with Crippen LogP contribution in [0.3, 0.4) is 0 Å². The predicted molar refractivity (Wildman–Crippen MR) is 69.0 cm³/mol. The number of aromatic nitrogens is 2. The number of ether oxygens (including phenoxy) is 1. The van der Waals surface area contributed by atoms with Gasteiger partial charge in [0.25, 0.3) is 5.91 Å². The molecule has 1 amide bonds. The molecule has 0 spiro atoms. The van der Waals surface area contributed by atoms with Crippen LogP contribution < -0.4 is 5.32 Å². The number of halogens is 3. The fraction of sp³-hybridized carbons (Fsp3) is 0.615. The summed E-state index contributed by atoms with van der Waals surface area (Å²) >= 11 is 0. The van der Waals surface area contributed by atoms with E-state index in [1.807, 2.05) is 0 Å². The largest absolute Gasteiger partial charge is 0.416 e. The molecule has 0 saturated carbocycles. The molecule has 1 aliphatic rings. The number of aliphatic hydroxyl groups excluding tert-OH is 1. The van der Waals surface area contributed by atoms with E-state index in [1.165, 1.54) is 6.07 Å². The second-order valence-electron chi connectivity index (χ2n) is 5.62. The molecule has 1 aliphatic heterocycles. The monoisotopic (exact) mass is 319 g/mol. The molecule has 2 rings (SSSR count). The van der Waals surface area contributed by atoms with Gasteiger partial charge in [-0.2, -0.15) is 18.3 Å². The molecule has 2 N–H and O–H groups in total. The molecule has 0 saturated heterocycles. The van der Waals surface area contributed by atoms with Crippen molar-refractivity contribution in [3.63, 3.8) is 0 Å². The van der Waals surface area contributed by atoms with Crippen LogP contribution in [-0.4, -0.2) is 45.6 Å². The first kappa shape index (κ1) is 16.6. The minimum atomic E-state index is -4.84. The van der Waals surface area contributed by atoms with E-state index in [0.29, 0.717) is 24.3 Å². The Bertz CT molecular complexity index is 575. The number of alkyl halides is 3. The summed E-state index contributed by atoms with van der Waals surface area (Å²) in [7, 11) is 0. The highest BCUT2D eigenvalue weighted by Gasteiger charge is 2.48. The van der Waals surface area contributed by atoms with Crippen LogP contribution in [0.2, 0.25) is 0 Å². The Labute approximate surface area is 124 Å². The van der Waals surface area contributed by atoms with Crippen LogP contribution in [-0.2, 0) is 17.8 Å². The van der Waals surface area contributed by atoms with E-state index in [1.54, 1.807) is 0 Å². The maximum atomic E-state index is 12.6. The van der Waals surface area contributed by atoms with E-state index in [0.717, 1.165) is 13.8 Å². The number of fused-ring (bicyclic) bond motifs is 1. The van der Waals surface area contributed by atoms with Crippen molar-refractivity contribution in [2.45, 2.75) is 44.7 Å². The SMILES string of the molecule is CC(C)(NC(=O)c1cc2c(nn1)CCOC2)C(O)C(F)(F)F. The van der Waals surface area contributed by atoms with Crippen LogP contribution >= 0.6 is 0 Å². The molecule has 0 radical (unpaired) electrons. The van der Waals surface area contributed by atoms with Crippen molar-refractivity contribution in [3.8, 4) is 0 Å². The van der Waals surface area contributed by atoms with E-state index in [9.17, 15) is 23.1 Å². The summed E-state index contributed by atoms with van der Waals surface area (Å²) in [6.07, 6.45) is -6.97. The Morgan fingerprint density at radius 1 is 1.41 bits per heavy atom. The van der Waals surface area contributed by atoms with Crippen molar-refractivity contribution in [1.29, 1.82) is 0 Å². The number of hydrogen-bond donors (Lipinski definition) is 2. The van der Waals surface area contributed by atoms with Gasteiger partial charge in [-0.25, -0.2) is 0 Å². The highest BCUT2D eigenvalue weighted by atomic mass is 19.4. The maximum Gasteiger partial charge on any atom is 0.416 e. The van der Waals surface area contributed by atoms with Crippen molar-refractivity contribution >= 4 is 5.91 Å². The molecule has 9 heteroatoms. The molecule has 6 nitrogen and oxygen atoms in total. The lowest BCUT2D eigenvalue weighted by Crippen LogP contribution is -2.57. The third-order valence-electron chi connectivity index (χ3n) is 3.36. The third-order valence-corrected chi connectivity index (χ3v) is 3.36. The van der Waals surface area contributed by atoms with Gasteiger partial charge in [-0.3, -0.25) is 4.79 Å². The van der Waals surface area contributed by atoms with Gasteiger partial charge < -0.3 is 15.2 Å². The molecule has 0 aliphatic carbocycles. The lowest BCUT2D eigenvalue weighted by atomic mass is 9.96. The van der Waals surface area contributed by atoms with E-state index in [2.05, 4.69) is 15.5 Å². The van der Waals surface area contributed by atoms with Gasteiger partial charge in [-0.1, -0.05) is 0 Å². The molecule has 1 aromatic rings. The van der Waals surface area contributed by atoms with Crippen LogP contribution in [0.4, 0.5) is 13.2 Å². The minimum absolute atomic E-state index is 0.119. The fourth-order valence-electron chi connectivity index (χ4n) is 2.09. The number of carbonyl (C=O) groups is 1. The van der Waals surface area contributed by atoms with E-state index >= 15 is 0 Å². The van der Waals surface area contributed by atoms with Gasteiger partial charge in [0.05, 0.1) is 24.4 Å². The zero-order valence-electron chi connectivity index (χ0n) is 12.1. The first-order valence-corrected chi connectivity index (χ1v) is 6.62. The molecule has 22 heavy (non-hydrogen) atoms. The van der Waals surface area contributed by atoms with Gasteiger partial charge in [0.2, 0.25) is 0 Å². The number of carbonyl (C=O) groups excluding carboxylic acids is 1. The van der Waals surface area contributed by atoms with Crippen molar-refractivity contribution in [1.82, 2.24) is 15.5 Å². The average molecular weight is 319 g/mol. The predicted octanol–water partition coefficient (Wildman–Crippen LogP) is 0.981. The summed E-state index contributed by atoms with van der Waals surface area (Å²) in [5, 5.41) is 19.0. The quantitative estimate of drug-likeness (QED) is 0.868. The maximum absolute atomic E-state index is 12.6. The van der Waals surface area contributed by atoms with Crippen LogP contribution in [0.1, 0.15) is 35.6 Å². The lowest BCUT2D eigenvalue weighted by molar-refractivity contribution is -0.222. The Hall–Kier alpha value is -1.74. The van der Waals surface area contributed by atoms with E-state index < -0.39 is 23.7 Å². The fourth-order valence-corrected chi connectivity index (χ4v) is 2.09. The molecule has 1 atom stereocenters. The Kier molecular flexibility index (Phi) is 4.39. The number of nitrogens with one attached hydrogen (secondary N) is 1. The first-order valence-electron chi connectivity index (χ1n) is 6.62. The zero-order chi connectivity index (χ0) is 16.5. The zero-order valence-corrected chi connectivity index (χ0v) is 12.1. The smallest absolute Gasteiger partial charge is 0.382 e. The topological polar surface area (TPSA) is 84.3 Å². The van der Waals surface area contributed by atoms with Crippen LogP contribution in [0.5, 0.6) is 0 Å². The van der Waals surface area contributed by atoms with E-state index in [-0.39, 0.29) is 12.3 Å². The molecule has 1 aromatic heterocycles. The molecule has 1 unspecified atom stereocenters. The summed E-state index contributed by atoms with van der Waals surface area (Å²) in [6, 6.07) is 1.44. The molecular weight excluding hydrogens is 303 g/mol. The van der Waals surface area contributed by atoms with Gasteiger partial charge in [0.15, 0.2) is 11.8 Å². The third kappa shape index (κ3) is 3.53. The molecule has 0 aromatic carbocycles. The second kappa shape index (κ2) is 5.81. The molecular formula is C13H16F3N3O3.